The van der Waals surface area contributed by atoms with E-state index in [1.54, 1.807) is 17.4 Å². The Balaban J connectivity index is 1.95. The first-order valence-electron chi connectivity index (χ1n) is 5.02. The normalized spacial score (nSPS) is 10.6. The zero-order valence-corrected chi connectivity index (χ0v) is 11.9. The molecule has 4 heteroatoms. The molecule has 0 spiro atoms. The van der Waals surface area contributed by atoms with Gasteiger partial charge < -0.3 is 5.32 Å². The summed E-state index contributed by atoms with van der Waals surface area (Å²) in [5.41, 5.74) is 0.811. The number of thiophene rings is 1. The van der Waals surface area contributed by atoms with E-state index in [0.717, 1.165) is 14.1 Å². The van der Waals surface area contributed by atoms with Gasteiger partial charge in [-0.25, -0.2) is 0 Å². The van der Waals surface area contributed by atoms with Gasteiger partial charge in [-0.05, 0) is 64.4 Å². The summed E-state index contributed by atoms with van der Waals surface area (Å²) in [5.74, 6) is -0.111. The quantitative estimate of drug-likeness (QED) is 0.654. The summed E-state index contributed by atoms with van der Waals surface area (Å²) in [4.78, 5) is 12.7. The molecule has 0 aliphatic heterocycles. The molecule has 0 bridgehead atoms. The van der Waals surface area contributed by atoms with Crippen LogP contribution in [-0.2, 0) is 4.79 Å². The largest absolute Gasteiger partial charge is 0.323 e. The van der Waals surface area contributed by atoms with E-state index in [0.29, 0.717) is 0 Å². The lowest BCUT2D eigenvalue weighted by Crippen LogP contribution is -2.07. The van der Waals surface area contributed by atoms with E-state index >= 15 is 0 Å². The van der Waals surface area contributed by atoms with Gasteiger partial charge in [0.05, 0.1) is 0 Å². The fraction of sp³-hybridized carbons (Fsp3) is 0. The molecule has 0 aliphatic carbocycles. The van der Waals surface area contributed by atoms with Gasteiger partial charge in [0.15, 0.2) is 0 Å². The minimum absolute atomic E-state index is 0.111. The van der Waals surface area contributed by atoms with Crippen molar-refractivity contribution in [2.75, 3.05) is 5.32 Å². The van der Waals surface area contributed by atoms with Crippen LogP contribution < -0.4 is 5.32 Å². The molecular weight excluding hydrogens is 345 g/mol. The van der Waals surface area contributed by atoms with Crippen molar-refractivity contribution in [1.29, 1.82) is 0 Å². The van der Waals surface area contributed by atoms with Crippen LogP contribution in [0.15, 0.2) is 47.9 Å². The van der Waals surface area contributed by atoms with Crippen molar-refractivity contribution < 1.29 is 4.79 Å². The Morgan fingerprint density at radius 1 is 1.24 bits per heavy atom. The number of carbonyl (C=O) groups excluding carboxylic acids is 1. The molecule has 0 unspecified atom stereocenters. The Kier molecular flexibility index (Phi) is 4.33. The average molecular weight is 355 g/mol. The van der Waals surface area contributed by atoms with Crippen LogP contribution in [0.5, 0.6) is 0 Å². The van der Waals surface area contributed by atoms with Gasteiger partial charge in [-0.3, -0.25) is 4.79 Å². The highest BCUT2D eigenvalue weighted by atomic mass is 127. The second kappa shape index (κ2) is 5.97. The molecule has 0 radical (unpaired) electrons. The first-order valence-corrected chi connectivity index (χ1v) is 6.98. The maximum absolute atomic E-state index is 11.6. The molecule has 0 saturated carbocycles. The van der Waals surface area contributed by atoms with Crippen molar-refractivity contribution in [3.05, 3.63) is 56.3 Å². The van der Waals surface area contributed by atoms with E-state index in [4.69, 9.17) is 0 Å². The Hall–Kier alpha value is -1.14. The van der Waals surface area contributed by atoms with E-state index in [1.807, 2.05) is 47.9 Å². The monoisotopic (exact) mass is 355 g/mol. The lowest BCUT2D eigenvalue weighted by Gasteiger charge is -2.01. The first kappa shape index (κ1) is 12.3. The van der Waals surface area contributed by atoms with Crippen LogP contribution >= 0.6 is 33.9 Å². The molecule has 0 atom stereocenters. The summed E-state index contributed by atoms with van der Waals surface area (Å²) in [6, 6.07) is 11.6. The number of benzene rings is 1. The van der Waals surface area contributed by atoms with Gasteiger partial charge in [0.25, 0.3) is 0 Å². The molecule has 1 heterocycles. The van der Waals surface area contributed by atoms with Crippen molar-refractivity contribution >= 4 is 51.6 Å². The summed E-state index contributed by atoms with van der Waals surface area (Å²) >= 11 is 3.83. The van der Waals surface area contributed by atoms with E-state index in [-0.39, 0.29) is 5.91 Å². The number of hydrogen-bond acceptors (Lipinski definition) is 2. The van der Waals surface area contributed by atoms with E-state index in [9.17, 15) is 4.79 Å². The Morgan fingerprint density at radius 2 is 2.00 bits per heavy atom. The van der Waals surface area contributed by atoms with Crippen molar-refractivity contribution in [1.82, 2.24) is 0 Å². The van der Waals surface area contributed by atoms with Crippen LogP contribution in [0.3, 0.4) is 0 Å². The number of anilines is 1. The molecule has 86 valence electrons. The van der Waals surface area contributed by atoms with E-state index in [2.05, 4.69) is 27.9 Å². The third kappa shape index (κ3) is 3.98. The zero-order valence-electron chi connectivity index (χ0n) is 8.89. The van der Waals surface area contributed by atoms with Gasteiger partial charge in [-0.1, -0.05) is 6.07 Å². The molecule has 1 aromatic heterocycles. The predicted molar refractivity (Wildman–Crippen MR) is 81.1 cm³/mol. The zero-order chi connectivity index (χ0) is 12.1. The third-order valence-electron chi connectivity index (χ3n) is 2.05. The molecular formula is C13H10INOS. The molecule has 0 fully saturated rings. The highest BCUT2D eigenvalue weighted by Crippen LogP contribution is 2.12. The number of carbonyl (C=O) groups is 1. The van der Waals surface area contributed by atoms with E-state index < -0.39 is 0 Å². The fourth-order valence-electron chi connectivity index (χ4n) is 1.26. The summed E-state index contributed by atoms with van der Waals surface area (Å²) in [6.45, 7) is 0. The first-order chi connectivity index (χ1) is 8.24. The molecule has 1 N–H and O–H groups in total. The van der Waals surface area contributed by atoms with Crippen LogP contribution in [0, 0.1) is 3.57 Å². The maximum Gasteiger partial charge on any atom is 0.248 e. The molecule has 0 saturated heterocycles. The van der Waals surface area contributed by atoms with Gasteiger partial charge in [0.2, 0.25) is 5.91 Å². The van der Waals surface area contributed by atoms with Crippen LogP contribution in [0.4, 0.5) is 5.69 Å². The Morgan fingerprint density at radius 3 is 2.65 bits per heavy atom. The highest BCUT2D eigenvalue weighted by molar-refractivity contribution is 14.1. The van der Waals surface area contributed by atoms with Crippen molar-refractivity contribution in [2.24, 2.45) is 0 Å². The molecule has 2 nitrogen and oxygen atoms in total. The van der Waals surface area contributed by atoms with Crippen LogP contribution in [-0.4, -0.2) is 5.91 Å². The van der Waals surface area contributed by atoms with Gasteiger partial charge in [0.1, 0.15) is 0 Å². The number of nitrogens with one attached hydrogen (secondary N) is 1. The van der Waals surface area contributed by atoms with Crippen molar-refractivity contribution in [3.63, 3.8) is 0 Å². The topological polar surface area (TPSA) is 29.1 Å². The summed E-state index contributed by atoms with van der Waals surface area (Å²) in [5, 5.41) is 4.79. The summed E-state index contributed by atoms with van der Waals surface area (Å²) in [6.07, 6.45) is 3.36. The SMILES string of the molecule is O=C(C=Cc1cccs1)Nc1ccc(I)cc1. The van der Waals surface area contributed by atoms with E-state index in [1.165, 1.54) is 0 Å². The fourth-order valence-corrected chi connectivity index (χ4v) is 2.24. The number of hydrogen-bond donors (Lipinski definition) is 1. The minimum Gasteiger partial charge on any atom is -0.323 e. The van der Waals surface area contributed by atoms with Crippen molar-refractivity contribution in [2.45, 2.75) is 0 Å². The Labute approximate surface area is 118 Å². The van der Waals surface area contributed by atoms with Gasteiger partial charge in [0, 0.05) is 20.2 Å². The van der Waals surface area contributed by atoms with Gasteiger partial charge >= 0.3 is 0 Å². The molecule has 0 aliphatic rings. The molecule has 17 heavy (non-hydrogen) atoms. The van der Waals surface area contributed by atoms with Crippen LogP contribution in [0.1, 0.15) is 4.88 Å². The second-order valence-corrected chi connectivity index (χ2v) is 5.57. The van der Waals surface area contributed by atoms with Crippen LogP contribution in [0.25, 0.3) is 6.08 Å². The number of amides is 1. The lowest BCUT2D eigenvalue weighted by molar-refractivity contribution is -0.111. The lowest BCUT2D eigenvalue weighted by atomic mass is 10.3. The summed E-state index contributed by atoms with van der Waals surface area (Å²) < 4.78 is 1.15. The standard InChI is InChI=1S/C13H10INOS/c14-10-3-5-11(6-4-10)15-13(16)8-7-12-2-1-9-17-12/h1-9H,(H,15,16). The molecule has 2 rings (SSSR count). The summed E-state index contributed by atoms with van der Waals surface area (Å²) in [7, 11) is 0. The molecule has 1 amide bonds. The van der Waals surface area contributed by atoms with Gasteiger partial charge in [-0.15, -0.1) is 11.3 Å². The third-order valence-corrected chi connectivity index (χ3v) is 3.61. The smallest absolute Gasteiger partial charge is 0.248 e. The average Bonchev–Trinajstić information content (AvgIpc) is 2.83. The second-order valence-electron chi connectivity index (χ2n) is 3.34. The highest BCUT2D eigenvalue weighted by Gasteiger charge is 1.97. The van der Waals surface area contributed by atoms with Crippen LogP contribution in [0.2, 0.25) is 0 Å². The van der Waals surface area contributed by atoms with Gasteiger partial charge in [-0.2, -0.15) is 0 Å². The predicted octanol–water partition coefficient (Wildman–Crippen LogP) is 4.00. The maximum atomic E-state index is 11.6. The number of halogens is 1. The molecule has 1 aromatic carbocycles. The van der Waals surface area contributed by atoms with Crippen molar-refractivity contribution in [3.8, 4) is 0 Å². The molecule has 2 aromatic rings. The minimum atomic E-state index is -0.111. The number of rotatable bonds is 3. The Bertz CT molecular complexity index is 517.